The Kier molecular flexibility index (Phi) is 10.9. The highest BCUT2D eigenvalue weighted by Crippen LogP contribution is 2.33. The highest BCUT2D eigenvalue weighted by atomic mass is 32.3. The van der Waals surface area contributed by atoms with Crippen LogP contribution < -0.4 is 15.4 Å². The Morgan fingerprint density at radius 2 is 1.90 bits per heavy atom. The molecule has 2 saturated heterocycles. The van der Waals surface area contributed by atoms with Crippen molar-refractivity contribution >= 4 is 62.2 Å². The maximum absolute atomic E-state index is 13.4. The zero-order valence-corrected chi connectivity index (χ0v) is 30.4. The number of β-lactam (4-membered cyclic amide) rings is 1. The Bertz CT molecular complexity index is 1990. The van der Waals surface area contributed by atoms with Crippen LogP contribution in [-0.4, -0.2) is 116 Å². The van der Waals surface area contributed by atoms with Gasteiger partial charge in [-0.05, 0) is 59.6 Å². The lowest BCUT2D eigenvalue weighted by Crippen LogP contribution is -2.76. The van der Waals surface area contributed by atoms with Crippen LogP contribution in [0.3, 0.4) is 0 Å². The second-order valence-electron chi connectivity index (χ2n) is 13.3. The zero-order valence-electron chi connectivity index (χ0n) is 28.8. The molecule has 2 aliphatic heterocycles. The highest BCUT2D eigenvalue weighted by molar-refractivity contribution is 7.80. The number of pyridine rings is 1. The first-order valence-corrected chi connectivity index (χ1v) is 18.1. The molecular formula is C30H38N8O12S2. The quantitative estimate of drug-likeness (QED) is 0.0680. The second-order valence-corrected chi connectivity index (χ2v) is 15.2. The lowest BCUT2D eigenvalue weighted by Gasteiger charge is -2.50. The number of aromatic nitrogens is 3. The molecule has 52 heavy (non-hydrogen) atoms. The number of ether oxygens (including phenoxy) is 2. The minimum atomic E-state index is -5.02. The SMILES string of the molecule is CC(C)(C)OC(=O)Nc1nc(/C(=N/OCCOc2ccc3nc(C4CCCN(C(=O)O)C4)cn3c2)C(=O)N[C@@H]2C(=O)N(OS(=O)(=O)O)C2(C)C)cs1. The number of amides is 4. The molecule has 3 aromatic rings. The summed E-state index contributed by atoms with van der Waals surface area (Å²) in [6.45, 7) is 8.55. The maximum atomic E-state index is 13.4. The molecule has 0 aliphatic carbocycles. The largest absolute Gasteiger partial charge is 0.488 e. The molecule has 0 aromatic carbocycles. The van der Waals surface area contributed by atoms with E-state index < -0.39 is 51.6 Å². The minimum Gasteiger partial charge on any atom is -0.488 e. The van der Waals surface area contributed by atoms with E-state index in [4.69, 9.17) is 18.9 Å². The van der Waals surface area contributed by atoms with Crippen molar-refractivity contribution in [2.75, 3.05) is 31.6 Å². The molecule has 0 spiro atoms. The summed E-state index contributed by atoms with van der Waals surface area (Å²) in [4.78, 5) is 65.4. The normalized spacial score (nSPS) is 19.2. The number of carbonyl (C=O) groups excluding carboxylic acids is 3. The van der Waals surface area contributed by atoms with Crippen LogP contribution in [0.1, 0.15) is 64.8 Å². The van der Waals surface area contributed by atoms with Crippen LogP contribution in [0.25, 0.3) is 5.65 Å². The predicted octanol–water partition coefficient (Wildman–Crippen LogP) is 2.63. The van der Waals surface area contributed by atoms with Crippen molar-refractivity contribution in [2.24, 2.45) is 5.16 Å². The van der Waals surface area contributed by atoms with E-state index in [-0.39, 0.29) is 35.7 Å². The van der Waals surface area contributed by atoms with Crippen LogP contribution in [-0.2, 0) is 33.8 Å². The van der Waals surface area contributed by atoms with Gasteiger partial charge in [-0.1, -0.05) is 5.16 Å². The van der Waals surface area contributed by atoms with Crippen molar-refractivity contribution < 1.29 is 55.9 Å². The molecule has 5 rings (SSSR count). The molecule has 2 atom stereocenters. The van der Waals surface area contributed by atoms with Crippen molar-refractivity contribution in [3.8, 4) is 5.75 Å². The van der Waals surface area contributed by atoms with Crippen LogP contribution >= 0.6 is 11.3 Å². The van der Waals surface area contributed by atoms with E-state index in [1.165, 1.54) is 24.1 Å². The first kappa shape index (κ1) is 38.2. The first-order chi connectivity index (χ1) is 24.3. The number of imidazole rings is 1. The molecule has 3 aromatic heterocycles. The van der Waals surface area contributed by atoms with Crippen LogP contribution in [0.15, 0.2) is 35.1 Å². The van der Waals surface area contributed by atoms with E-state index in [0.29, 0.717) is 29.5 Å². The summed E-state index contributed by atoms with van der Waals surface area (Å²) < 4.78 is 48.6. The summed E-state index contributed by atoms with van der Waals surface area (Å²) in [5.41, 5.74) is -1.16. The number of likely N-dealkylation sites (tertiary alicyclic amines) is 1. The van der Waals surface area contributed by atoms with Gasteiger partial charge < -0.3 is 34.0 Å². The number of rotatable bonds is 12. The van der Waals surface area contributed by atoms with Crippen LogP contribution in [0.5, 0.6) is 5.75 Å². The fourth-order valence-electron chi connectivity index (χ4n) is 5.43. The third-order valence-corrected chi connectivity index (χ3v) is 8.94. The summed E-state index contributed by atoms with van der Waals surface area (Å²) in [6.07, 6.45) is 3.40. The van der Waals surface area contributed by atoms with Crippen molar-refractivity contribution in [1.82, 2.24) is 29.6 Å². The molecule has 282 valence electrons. The van der Waals surface area contributed by atoms with Crippen molar-refractivity contribution in [3.05, 3.63) is 41.3 Å². The molecule has 20 nitrogen and oxygen atoms in total. The number of hydroxylamine groups is 2. The number of carbonyl (C=O) groups is 4. The fourth-order valence-corrected chi connectivity index (χ4v) is 6.56. The number of fused-ring (bicyclic) bond motifs is 1. The van der Waals surface area contributed by atoms with Gasteiger partial charge in [0, 0.05) is 30.6 Å². The van der Waals surface area contributed by atoms with E-state index in [2.05, 4.69) is 30.0 Å². The van der Waals surface area contributed by atoms with E-state index in [1.54, 1.807) is 43.5 Å². The highest BCUT2D eigenvalue weighted by Gasteiger charge is 2.58. The van der Waals surface area contributed by atoms with Gasteiger partial charge in [-0.2, -0.15) is 13.5 Å². The topological polar surface area (TPSA) is 253 Å². The van der Waals surface area contributed by atoms with Crippen LogP contribution in [0, 0.1) is 0 Å². The molecule has 4 amide bonds. The smallest absolute Gasteiger partial charge is 0.418 e. The Balaban J connectivity index is 1.25. The van der Waals surface area contributed by atoms with Gasteiger partial charge in [0.1, 0.15) is 35.3 Å². The van der Waals surface area contributed by atoms with Gasteiger partial charge in [0.15, 0.2) is 17.5 Å². The maximum Gasteiger partial charge on any atom is 0.418 e. The Labute approximate surface area is 301 Å². The fraction of sp³-hybridized carbons (Fsp3) is 0.500. The predicted molar refractivity (Wildman–Crippen MR) is 182 cm³/mol. The molecule has 0 bridgehead atoms. The van der Waals surface area contributed by atoms with Gasteiger partial charge in [0.05, 0.1) is 17.4 Å². The third kappa shape index (κ3) is 9.23. The van der Waals surface area contributed by atoms with Gasteiger partial charge in [-0.15, -0.1) is 15.6 Å². The van der Waals surface area contributed by atoms with Crippen molar-refractivity contribution in [1.29, 1.82) is 0 Å². The standard InChI is InChI=1S/C30H38N8O12S2/c1-29(2,3)49-27(41)34-26-32-20(16-51-26)22(24(39)33-23-25(40)38(30(23,4)5)50-52(44,45)46)35-48-12-11-47-18-8-9-21-31-19(15-37(21)14-18)17-7-6-10-36(13-17)28(42)43/h8-9,14-17,23H,6-7,10-13H2,1-5H3,(H,33,39)(H,42,43)(H,32,34,41)(H,44,45,46)/b35-22-/t17?,23-/m1/s1. The summed E-state index contributed by atoms with van der Waals surface area (Å²) in [5.74, 6) is -1.44. The summed E-state index contributed by atoms with van der Waals surface area (Å²) in [6, 6.07) is 2.18. The molecule has 0 radical (unpaired) electrons. The molecule has 22 heteroatoms. The Morgan fingerprint density at radius 3 is 2.58 bits per heavy atom. The number of carboxylic acid groups (broad SMARTS) is 1. The van der Waals surface area contributed by atoms with E-state index in [1.807, 2.05) is 6.20 Å². The molecule has 2 aliphatic rings. The lowest BCUT2D eigenvalue weighted by atomic mass is 9.84. The number of hydrogen-bond donors (Lipinski definition) is 4. The van der Waals surface area contributed by atoms with Crippen LogP contribution in [0.2, 0.25) is 0 Å². The van der Waals surface area contributed by atoms with Crippen molar-refractivity contribution in [3.63, 3.8) is 0 Å². The molecule has 2 fully saturated rings. The number of oxime groups is 1. The minimum absolute atomic E-state index is 0.0136. The Morgan fingerprint density at radius 1 is 1.15 bits per heavy atom. The van der Waals surface area contributed by atoms with Crippen molar-refractivity contribution in [2.45, 2.75) is 70.6 Å². The number of nitrogens with one attached hydrogen (secondary N) is 2. The van der Waals surface area contributed by atoms with Gasteiger partial charge in [-0.25, -0.2) is 19.6 Å². The molecule has 0 saturated carbocycles. The van der Waals surface area contributed by atoms with Crippen LogP contribution in [0.4, 0.5) is 14.7 Å². The molecule has 1 unspecified atom stereocenters. The number of piperidine rings is 1. The van der Waals surface area contributed by atoms with Gasteiger partial charge in [-0.3, -0.25) is 19.5 Å². The monoisotopic (exact) mass is 766 g/mol. The number of thiazole rings is 1. The number of anilines is 1. The van der Waals surface area contributed by atoms with E-state index in [0.717, 1.165) is 29.9 Å². The average Bonchev–Trinajstić information content (AvgIpc) is 3.69. The first-order valence-electron chi connectivity index (χ1n) is 15.9. The number of nitrogens with zero attached hydrogens (tertiary/aromatic N) is 6. The van der Waals surface area contributed by atoms with Gasteiger partial charge >= 0.3 is 22.6 Å². The molecular weight excluding hydrogens is 729 g/mol. The third-order valence-electron chi connectivity index (χ3n) is 7.84. The summed E-state index contributed by atoms with van der Waals surface area (Å²) >= 11 is 0.960. The molecule has 5 heterocycles. The van der Waals surface area contributed by atoms with E-state index in [9.17, 15) is 32.7 Å². The summed E-state index contributed by atoms with van der Waals surface area (Å²) in [7, 11) is -5.02. The van der Waals surface area contributed by atoms with Gasteiger partial charge in [0.25, 0.3) is 11.8 Å². The molecule has 4 N–H and O–H groups in total. The van der Waals surface area contributed by atoms with Gasteiger partial charge in [0.2, 0.25) is 0 Å². The van der Waals surface area contributed by atoms with E-state index >= 15 is 0 Å². The lowest BCUT2D eigenvalue weighted by molar-refractivity contribution is -0.218. The Hall–Kier alpha value is -5.06. The second kappa shape index (κ2) is 14.9. The average molecular weight is 767 g/mol. The summed E-state index contributed by atoms with van der Waals surface area (Å²) in [5, 5.41) is 20.1. The zero-order chi connectivity index (χ0) is 38.0. The number of hydrogen-bond acceptors (Lipinski definition) is 14.